The lowest BCUT2D eigenvalue weighted by atomic mass is 10.2. The molecule has 0 amide bonds. The topological polar surface area (TPSA) is 56.7 Å². The molecular weight excluding hydrogens is 368 g/mol. The Balaban J connectivity index is 1.51. The summed E-state index contributed by atoms with van der Waals surface area (Å²) >= 11 is 7.40. The summed E-state index contributed by atoms with van der Waals surface area (Å²) < 4.78 is 7.67. The van der Waals surface area contributed by atoms with Crippen LogP contribution in [0.4, 0.5) is 0 Å². The van der Waals surface area contributed by atoms with Gasteiger partial charge in [-0.1, -0.05) is 53.7 Å². The number of hydrogen-bond donors (Lipinski definition) is 0. The van der Waals surface area contributed by atoms with Crippen LogP contribution in [-0.2, 0) is 5.75 Å². The Morgan fingerprint density at radius 2 is 1.81 bits per heavy atom. The van der Waals surface area contributed by atoms with Gasteiger partial charge in [-0.25, -0.2) is 4.68 Å². The monoisotopic (exact) mass is 382 g/mol. The van der Waals surface area contributed by atoms with Gasteiger partial charge in [0, 0.05) is 10.8 Å². The second-order valence-electron chi connectivity index (χ2n) is 5.68. The third-order valence-corrected chi connectivity index (χ3v) is 5.06. The van der Waals surface area contributed by atoms with Crippen molar-refractivity contribution >= 4 is 23.4 Å². The largest absolute Gasteiger partial charge is 0.411 e. The Labute approximate surface area is 160 Å². The van der Waals surface area contributed by atoms with Crippen LogP contribution in [0.3, 0.4) is 0 Å². The fourth-order valence-electron chi connectivity index (χ4n) is 2.55. The van der Waals surface area contributed by atoms with Crippen LogP contribution >= 0.6 is 23.4 Å². The standard InChI is InChI=1S/C19H15ClN4OS/c1-13-17(11-21-24(13)16-5-3-2-4-6-16)18-22-23-19(25-18)26-12-14-7-9-15(20)10-8-14/h2-11H,12H2,1H3. The number of nitrogens with zero attached hydrogens (tertiary/aromatic N) is 4. The summed E-state index contributed by atoms with van der Waals surface area (Å²) in [7, 11) is 0. The van der Waals surface area contributed by atoms with Gasteiger partial charge in [-0.3, -0.25) is 0 Å². The first-order valence-electron chi connectivity index (χ1n) is 8.02. The third-order valence-electron chi connectivity index (χ3n) is 3.92. The average Bonchev–Trinajstić information content (AvgIpc) is 3.28. The average molecular weight is 383 g/mol. The van der Waals surface area contributed by atoms with Crippen molar-refractivity contribution in [3.63, 3.8) is 0 Å². The SMILES string of the molecule is Cc1c(-c2nnc(SCc3ccc(Cl)cc3)o2)cnn1-c1ccccc1. The van der Waals surface area contributed by atoms with E-state index < -0.39 is 0 Å². The maximum atomic E-state index is 5.91. The quantitative estimate of drug-likeness (QED) is 0.445. The summed E-state index contributed by atoms with van der Waals surface area (Å²) in [4.78, 5) is 0. The van der Waals surface area contributed by atoms with Crippen LogP contribution in [0.15, 0.2) is 70.4 Å². The summed E-state index contributed by atoms with van der Waals surface area (Å²) in [5, 5.41) is 14.0. The number of benzene rings is 2. The number of para-hydroxylation sites is 1. The molecule has 2 aromatic heterocycles. The van der Waals surface area contributed by atoms with Gasteiger partial charge in [0.25, 0.3) is 11.1 Å². The molecule has 0 bridgehead atoms. The van der Waals surface area contributed by atoms with Crippen molar-refractivity contribution in [3.8, 4) is 17.1 Å². The fraction of sp³-hybridized carbons (Fsp3) is 0.105. The highest BCUT2D eigenvalue weighted by atomic mass is 35.5. The second kappa shape index (κ2) is 7.35. The highest BCUT2D eigenvalue weighted by Gasteiger charge is 2.16. The van der Waals surface area contributed by atoms with Crippen molar-refractivity contribution in [1.82, 2.24) is 20.0 Å². The molecule has 0 saturated carbocycles. The molecular formula is C19H15ClN4OS. The van der Waals surface area contributed by atoms with Gasteiger partial charge in [0.2, 0.25) is 0 Å². The number of aromatic nitrogens is 4. The van der Waals surface area contributed by atoms with E-state index in [1.807, 2.05) is 66.2 Å². The fourth-order valence-corrected chi connectivity index (χ4v) is 3.40. The van der Waals surface area contributed by atoms with E-state index in [1.165, 1.54) is 11.8 Å². The van der Waals surface area contributed by atoms with Crippen molar-refractivity contribution in [1.29, 1.82) is 0 Å². The van der Waals surface area contributed by atoms with Crippen LogP contribution in [0.1, 0.15) is 11.3 Å². The van der Waals surface area contributed by atoms with E-state index in [-0.39, 0.29) is 0 Å². The summed E-state index contributed by atoms with van der Waals surface area (Å²) in [6, 6.07) is 17.7. The molecule has 4 rings (SSSR count). The summed E-state index contributed by atoms with van der Waals surface area (Å²) in [6.07, 6.45) is 1.75. The van der Waals surface area contributed by atoms with Gasteiger partial charge >= 0.3 is 0 Å². The maximum absolute atomic E-state index is 5.91. The van der Waals surface area contributed by atoms with Gasteiger partial charge in [-0.05, 0) is 36.8 Å². The second-order valence-corrected chi connectivity index (χ2v) is 7.04. The molecule has 0 N–H and O–H groups in total. The summed E-state index contributed by atoms with van der Waals surface area (Å²) in [5.74, 6) is 1.21. The third kappa shape index (κ3) is 3.52. The number of thioether (sulfide) groups is 1. The van der Waals surface area contributed by atoms with Gasteiger partial charge in [-0.2, -0.15) is 5.10 Å². The van der Waals surface area contributed by atoms with Crippen LogP contribution in [0, 0.1) is 6.92 Å². The predicted molar refractivity (Wildman–Crippen MR) is 103 cm³/mol. The first-order valence-corrected chi connectivity index (χ1v) is 9.38. The van der Waals surface area contributed by atoms with Gasteiger partial charge in [0.05, 0.1) is 23.1 Å². The van der Waals surface area contributed by atoms with Crippen molar-refractivity contribution in [2.24, 2.45) is 0 Å². The maximum Gasteiger partial charge on any atom is 0.277 e. The molecule has 0 aliphatic rings. The zero-order chi connectivity index (χ0) is 17.9. The summed E-state index contributed by atoms with van der Waals surface area (Å²) in [6.45, 7) is 1.99. The molecule has 0 atom stereocenters. The molecule has 0 unspecified atom stereocenters. The lowest BCUT2D eigenvalue weighted by Crippen LogP contribution is -1.98. The van der Waals surface area contributed by atoms with Crippen molar-refractivity contribution < 1.29 is 4.42 Å². The van der Waals surface area contributed by atoms with Crippen molar-refractivity contribution in [2.45, 2.75) is 17.9 Å². The Bertz CT molecular complexity index is 1010. The smallest absolute Gasteiger partial charge is 0.277 e. The van der Waals surface area contributed by atoms with Crippen LogP contribution in [0.5, 0.6) is 0 Å². The van der Waals surface area contributed by atoms with E-state index in [0.717, 1.165) is 33.3 Å². The normalized spacial score (nSPS) is 11.0. The molecule has 130 valence electrons. The van der Waals surface area contributed by atoms with Crippen molar-refractivity contribution in [3.05, 3.63) is 77.1 Å². The molecule has 0 fully saturated rings. The minimum atomic E-state index is 0.475. The van der Waals surface area contributed by atoms with Crippen LogP contribution < -0.4 is 0 Å². The molecule has 2 heterocycles. The van der Waals surface area contributed by atoms with E-state index in [0.29, 0.717) is 11.1 Å². The van der Waals surface area contributed by atoms with Gasteiger partial charge in [-0.15, -0.1) is 10.2 Å². The molecule has 0 spiro atoms. The van der Waals surface area contributed by atoms with E-state index in [1.54, 1.807) is 6.20 Å². The minimum Gasteiger partial charge on any atom is -0.411 e. The number of hydrogen-bond acceptors (Lipinski definition) is 5. The van der Waals surface area contributed by atoms with Crippen LogP contribution in [0.2, 0.25) is 5.02 Å². The first kappa shape index (κ1) is 16.9. The molecule has 26 heavy (non-hydrogen) atoms. The Morgan fingerprint density at radius 3 is 2.58 bits per heavy atom. The molecule has 7 heteroatoms. The van der Waals surface area contributed by atoms with Crippen molar-refractivity contribution in [2.75, 3.05) is 0 Å². The predicted octanol–water partition coefficient (Wildman–Crippen LogP) is 5.18. The zero-order valence-electron chi connectivity index (χ0n) is 14.0. The molecule has 0 aliphatic carbocycles. The lowest BCUT2D eigenvalue weighted by Gasteiger charge is -2.03. The van der Waals surface area contributed by atoms with Crippen LogP contribution in [0.25, 0.3) is 17.1 Å². The van der Waals surface area contributed by atoms with Gasteiger partial charge in [0.1, 0.15) is 0 Å². The molecule has 5 nitrogen and oxygen atoms in total. The molecule has 4 aromatic rings. The Hall–Kier alpha value is -2.57. The van der Waals surface area contributed by atoms with Crippen LogP contribution in [-0.4, -0.2) is 20.0 Å². The lowest BCUT2D eigenvalue weighted by molar-refractivity contribution is 0.465. The number of rotatable bonds is 5. The van der Waals surface area contributed by atoms with E-state index in [9.17, 15) is 0 Å². The van der Waals surface area contributed by atoms with Gasteiger partial charge in [0.15, 0.2) is 0 Å². The first-order chi connectivity index (χ1) is 12.7. The highest BCUT2D eigenvalue weighted by molar-refractivity contribution is 7.98. The molecule has 0 radical (unpaired) electrons. The summed E-state index contributed by atoms with van der Waals surface area (Å²) in [5.41, 5.74) is 3.93. The van der Waals surface area contributed by atoms with E-state index in [4.69, 9.17) is 16.0 Å². The molecule has 0 aliphatic heterocycles. The number of halogens is 1. The zero-order valence-corrected chi connectivity index (χ0v) is 15.5. The minimum absolute atomic E-state index is 0.475. The van der Waals surface area contributed by atoms with E-state index in [2.05, 4.69) is 15.3 Å². The Morgan fingerprint density at radius 1 is 1.04 bits per heavy atom. The molecule has 2 aromatic carbocycles. The van der Waals surface area contributed by atoms with Gasteiger partial charge < -0.3 is 4.42 Å². The highest BCUT2D eigenvalue weighted by Crippen LogP contribution is 2.28. The molecule has 0 saturated heterocycles. The Kier molecular flexibility index (Phi) is 4.77. The van der Waals surface area contributed by atoms with E-state index >= 15 is 0 Å².